The van der Waals surface area contributed by atoms with Gasteiger partial charge in [-0.25, -0.2) is 10.9 Å². The van der Waals surface area contributed by atoms with Gasteiger partial charge in [-0.05, 0) is 30.2 Å². The van der Waals surface area contributed by atoms with Gasteiger partial charge in [-0.1, -0.05) is 36.4 Å². The summed E-state index contributed by atoms with van der Waals surface area (Å²) in [4.78, 5) is 17.3. The van der Waals surface area contributed by atoms with Crippen LogP contribution in [-0.4, -0.2) is 26.7 Å². The maximum atomic E-state index is 12.9. The standard InChI is InChI=1S/C20H22N6O/c1-26-18(10-12-22-26)19(14-7-3-2-4-8-14)23-20(27)17-13-16(24-25-17)15-9-5-6-11-21-15/h2-12,16-17,19,24-25H,13H2,1H3,(H,23,27). The van der Waals surface area contributed by atoms with Crippen LogP contribution in [0.2, 0.25) is 0 Å². The zero-order chi connectivity index (χ0) is 18.6. The summed E-state index contributed by atoms with van der Waals surface area (Å²) in [6.07, 6.45) is 4.14. The van der Waals surface area contributed by atoms with Crippen molar-refractivity contribution in [3.63, 3.8) is 0 Å². The SMILES string of the molecule is Cn1nccc1C(NC(=O)C1CC(c2ccccn2)NN1)c1ccccc1. The Labute approximate surface area is 157 Å². The molecule has 4 rings (SSSR count). The van der Waals surface area contributed by atoms with Crippen LogP contribution in [0.25, 0.3) is 0 Å². The second kappa shape index (κ2) is 7.69. The third-order valence-electron chi connectivity index (χ3n) is 4.84. The maximum Gasteiger partial charge on any atom is 0.239 e. The van der Waals surface area contributed by atoms with E-state index in [2.05, 4.69) is 26.3 Å². The van der Waals surface area contributed by atoms with E-state index < -0.39 is 0 Å². The van der Waals surface area contributed by atoms with Crippen LogP contribution in [0.4, 0.5) is 0 Å². The van der Waals surface area contributed by atoms with E-state index in [4.69, 9.17) is 0 Å². The molecule has 0 aliphatic carbocycles. The lowest BCUT2D eigenvalue weighted by Gasteiger charge is -2.21. The number of pyridine rings is 1. The Morgan fingerprint density at radius 2 is 1.93 bits per heavy atom. The number of aryl methyl sites for hydroxylation is 1. The van der Waals surface area contributed by atoms with Crippen molar-refractivity contribution >= 4 is 5.91 Å². The molecule has 2 aromatic heterocycles. The van der Waals surface area contributed by atoms with E-state index in [0.717, 1.165) is 17.0 Å². The normalized spacial score (nSPS) is 20.3. The first-order valence-electron chi connectivity index (χ1n) is 8.97. The first-order chi connectivity index (χ1) is 13.2. The van der Waals surface area contributed by atoms with Gasteiger partial charge in [0.05, 0.1) is 23.5 Å². The minimum absolute atomic E-state index is 0.00817. The Morgan fingerprint density at radius 1 is 1.11 bits per heavy atom. The molecule has 3 atom stereocenters. The van der Waals surface area contributed by atoms with Gasteiger partial charge in [0.25, 0.3) is 0 Å². The summed E-state index contributed by atoms with van der Waals surface area (Å²) in [6.45, 7) is 0. The average Bonchev–Trinajstić information content (AvgIpc) is 3.37. The van der Waals surface area contributed by atoms with Crippen LogP contribution < -0.4 is 16.2 Å². The lowest BCUT2D eigenvalue weighted by atomic mass is 10.0. The van der Waals surface area contributed by atoms with Gasteiger partial charge in [-0.15, -0.1) is 0 Å². The second-order valence-electron chi connectivity index (χ2n) is 6.62. The summed E-state index contributed by atoms with van der Waals surface area (Å²) in [5.41, 5.74) is 9.14. The molecule has 3 unspecified atom stereocenters. The smallest absolute Gasteiger partial charge is 0.239 e. The van der Waals surface area contributed by atoms with Crippen molar-refractivity contribution < 1.29 is 4.79 Å². The van der Waals surface area contributed by atoms with Crippen molar-refractivity contribution in [2.75, 3.05) is 0 Å². The number of benzene rings is 1. The largest absolute Gasteiger partial charge is 0.342 e. The minimum atomic E-state index is -0.337. The fourth-order valence-corrected chi connectivity index (χ4v) is 3.39. The molecule has 1 saturated heterocycles. The summed E-state index contributed by atoms with van der Waals surface area (Å²) < 4.78 is 1.79. The first-order valence-corrected chi connectivity index (χ1v) is 8.97. The van der Waals surface area contributed by atoms with E-state index in [1.165, 1.54) is 0 Å². The highest BCUT2D eigenvalue weighted by Crippen LogP contribution is 2.24. The van der Waals surface area contributed by atoms with Crippen LogP contribution in [0.3, 0.4) is 0 Å². The molecular weight excluding hydrogens is 340 g/mol. The van der Waals surface area contributed by atoms with Gasteiger partial charge in [-0.2, -0.15) is 5.10 Å². The van der Waals surface area contributed by atoms with Crippen LogP contribution in [0.5, 0.6) is 0 Å². The Kier molecular flexibility index (Phi) is 4.95. The van der Waals surface area contributed by atoms with Crippen LogP contribution in [0.1, 0.15) is 35.5 Å². The van der Waals surface area contributed by atoms with Crippen LogP contribution in [-0.2, 0) is 11.8 Å². The van der Waals surface area contributed by atoms with E-state index in [1.807, 2.05) is 61.6 Å². The second-order valence-corrected chi connectivity index (χ2v) is 6.62. The number of nitrogens with one attached hydrogen (secondary N) is 3. The van der Waals surface area contributed by atoms with Gasteiger partial charge in [0.2, 0.25) is 5.91 Å². The topological polar surface area (TPSA) is 83.9 Å². The number of carbonyl (C=O) groups excluding carboxylic acids is 1. The summed E-state index contributed by atoms with van der Waals surface area (Å²) in [6, 6.07) is 17.0. The molecule has 0 radical (unpaired) electrons. The number of carbonyl (C=O) groups is 1. The lowest BCUT2D eigenvalue weighted by molar-refractivity contribution is -0.123. The van der Waals surface area contributed by atoms with Crippen LogP contribution in [0, 0.1) is 0 Å². The Bertz CT molecular complexity index is 895. The van der Waals surface area contributed by atoms with Gasteiger partial charge >= 0.3 is 0 Å². The summed E-state index contributed by atoms with van der Waals surface area (Å²) in [5, 5.41) is 7.42. The molecule has 1 aromatic carbocycles. The molecule has 1 fully saturated rings. The van der Waals surface area contributed by atoms with Crippen molar-refractivity contribution in [3.8, 4) is 0 Å². The van der Waals surface area contributed by atoms with Gasteiger partial charge in [0.1, 0.15) is 6.04 Å². The lowest BCUT2D eigenvalue weighted by Crippen LogP contribution is -2.44. The van der Waals surface area contributed by atoms with Crippen molar-refractivity contribution in [1.29, 1.82) is 0 Å². The molecule has 138 valence electrons. The van der Waals surface area contributed by atoms with Crippen LogP contribution in [0.15, 0.2) is 67.0 Å². The number of nitrogens with zero attached hydrogens (tertiary/aromatic N) is 3. The number of hydrogen-bond donors (Lipinski definition) is 3. The highest BCUT2D eigenvalue weighted by molar-refractivity contribution is 5.82. The molecule has 3 heterocycles. The average molecular weight is 362 g/mol. The fraction of sp³-hybridized carbons (Fsp3) is 0.250. The summed E-state index contributed by atoms with van der Waals surface area (Å²) >= 11 is 0. The monoisotopic (exact) mass is 362 g/mol. The van der Waals surface area contributed by atoms with Gasteiger partial charge in [-0.3, -0.25) is 14.5 Å². The quantitative estimate of drug-likeness (QED) is 0.642. The molecular formula is C20H22N6O. The molecule has 1 aliphatic heterocycles. The molecule has 0 bridgehead atoms. The van der Waals surface area contributed by atoms with Crippen LogP contribution >= 0.6 is 0 Å². The van der Waals surface area contributed by atoms with Crippen molar-refractivity contribution in [1.82, 2.24) is 30.9 Å². The predicted octanol–water partition coefficient (Wildman–Crippen LogP) is 1.63. The number of hydrogen-bond acceptors (Lipinski definition) is 5. The minimum Gasteiger partial charge on any atom is -0.342 e. The molecule has 3 aromatic rings. The highest BCUT2D eigenvalue weighted by Gasteiger charge is 2.32. The van der Waals surface area contributed by atoms with E-state index in [-0.39, 0.29) is 24.0 Å². The maximum absolute atomic E-state index is 12.9. The molecule has 1 aliphatic rings. The van der Waals surface area contributed by atoms with Gasteiger partial charge in [0.15, 0.2) is 0 Å². The van der Waals surface area contributed by atoms with Gasteiger partial charge in [0, 0.05) is 19.4 Å². The Morgan fingerprint density at radius 3 is 2.63 bits per heavy atom. The molecule has 0 spiro atoms. The number of amides is 1. The summed E-state index contributed by atoms with van der Waals surface area (Å²) in [7, 11) is 1.88. The number of rotatable bonds is 5. The molecule has 7 heteroatoms. The molecule has 3 N–H and O–H groups in total. The third-order valence-corrected chi connectivity index (χ3v) is 4.84. The molecule has 27 heavy (non-hydrogen) atoms. The molecule has 0 saturated carbocycles. The summed E-state index contributed by atoms with van der Waals surface area (Å²) in [5.74, 6) is -0.0593. The van der Waals surface area contributed by atoms with Crippen molar-refractivity contribution in [2.24, 2.45) is 7.05 Å². The van der Waals surface area contributed by atoms with Crippen molar-refractivity contribution in [3.05, 3.63) is 83.9 Å². The predicted molar refractivity (Wildman–Crippen MR) is 101 cm³/mol. The number of aromatic nitrogens is 3. The highest BCUT2D eigenvalue weighted by atomic mass is 16.2. The van der Waals surface area contributed by atoms with E-state index >= 15 is 0 Å². The van der Waals surface area contributed by atoms with E-state index in [0.29, 0.717) is 6.42 Å². The Balaban J connectivity index is 1.50. The van der Waals surface area contributed by atoms with E-state index in [9.17, 15) is 4.79 Å². The zero-order valence-corrected chi connectivity index (χ0v) is 15.0. The fourth-order valence-electron chi connectivity index (χ4n) is 3.39. The van der Waals surface area contributed by atoms with Crippen molar-refractivity contribution in [2.45, 2.75) is 24.5 Å². The first kappa shape index (κ1) is 17.4. The number of hydrazine groups is 1. The zero-order valence-electron chi connectivity index (χ0n) is 15.0. The van der Waals surface area contributed by atoms with E-state index in [1.54, 1.807) is 17.1 Å². The van der Waals surface area contributed by atoms with Gasteiger partial charge < -0.3 is 5.32 Å². The third kappa shape index (κ3) is 3.74. The molecule has 1 amide bonds. The Hall–Kier alpha value is -3.03. The molecule has 7 nitrogen and oxygen atoms in total.